The van der Waals surface area contributed by atoms with E-state index in [1.54, 1.807) is 31.3 Å². The van der Waals surface area contributed by atoms with E-state index >= 15 is 0 Å². The van der Waals surface area contributed by atoms with Crippen molar-refractivity contribution >= 4 is 23.7 Å². The molecule has 2 aromatic rings. The molecule has 3 heterocycles. The van der Waals surface area contributed by atoms with Gasteiger partial charge in [-0.25, -0.2) is 4.98 Å². The molecule has 24 heavy (non-hydrogen) atoms. The number of pyridine rings is 1. The van der Waals surface area contributed by atoms with Crippen molar-refractivity contribution < 1.29 is 14.3 Å². The van der Waals surface area contributed by atoms with Gasteiger partial charge in [0.15, 0.2) is 6.29 Å². The summed E-state index contributed by atoms with van der Waals surface area (Å²) in [6.07, 6.45) is 3.38. The standard InChI is InChI=1S/C17H19N3O4/c1-2-24-17(23)12-6-9-19(10-7-12)15-13(11-21)16(22)20-8-4-3-5-14(20)18-15/h3-5,8,11-12H,2,6-7,9-10H2,1H3. The molecular weight excluding hydrogens is 310 g/mol. The highest BCUT2D eigenvalue weighted by atomic mass is 16.5. The minimum Gasteiger partial charge on any atom is -0.466 e. The number of hydrogen-bond donors (Lipinski definition) is 0. The molecule has 0 saturated carbocycles. The van der Waals surface area contributed by atoms with Crippen molar-refractivity contribution in [2.45, 2.75) is 19.8 Å². The van der Waals surface area contributed by atoms with Crippen LogP contribution in [-0.2, 0) is 9.53 Å². The molecule has 126 valence electrons. The molecule has 3 rings (SSSR count). The first-order chi connectivity index (χ1) is 11.7. The largest absolute Gasteiger partial charge is 0.466 e. The normalized spacial score (nSPS) is 15.5. The average molecular weight is 329 g/mol. The van der Waals surface area contributed by atoms with E-state index in [2.05, 4.69) is 4.98 Å². The molecule has 7 nitrogen and oxygen atoms in total. The maximum Gasteiger partial charge on any atom is 0.309 e. The molecule has 0 aromatic carbocycles. The number of anilines is 1. The van der Waals surface area contributed by atoms with E-state index in [0.29, 0.717) is 50.3 Å². The van der Waals surface area contributed by atoms with Crippen LogP contribution in [-0.4, -0.2) is 41.3 Å². The lowest BCUT2D eigenvalue weighted by molar-refractivity contribution is -0.148. The fourth-order valence-electron chi connectivity index (χ4n) is 3.02. The molecule has 0 bridgehead atoms. The van der Waals surface area contributed by atoms with Crippen LogP contribution in [0.4, 0.5) is 5.82 Å². The van der Waals surface area contributed by atoms with Crippen molar-refractivity contribution in [2.75, 3.05) is 24.6 Å². The topological polar surface area (TPSA) is 81.0 Å². The number of ether oxygens (including phenoxy) is 1. The fourth-order valence-corrected chi connectivity index (χ4v) is 3.02. The SMILES string of the molecule is CCOC(=O)C1CCN(c2nc3ccccn3c(=O)c2C=O)CC1. The molecule has 0 amide bonds. The summed E-state index contributed by atoms with van der Waals surface area (Å²) in [5.74, 6) is 0.0743. The first-order valence-corrected chi connectivity index (χ1v) is 8.04. The summed E-state index contributed by atoms with van der Waals surface area (Å²) in [4.78, 5) is 42.1. The number of esters is 1. The van der Waals surface area contributed by atoms with Crippen LogP contribution >= 0.6 is 0 Å². The van der Waals surface area contributed by atoms with E-state index in [0.717, 1.165) is 0 Å². The Labute approximate surface area is 138 Å². The predicted molar refractivity (Wildman–Crippen MR) is 88.4 cm³/mol. The van der Waals surface area contributed by atoms with Crippen LogP contribution in [0.3, 0.4) is 0 Å². The summed E-state index contributed by atoms with van der Waals surface area (Å²) in [6, 6.07) is 5.24. The lowest BCUT2D eigenvalue weighted by atomic mass is 9.97. The third kappa shape index (κ3) is 2.89. The van der Waals surface area contributed by atoms with E-state index in [4.69, 9.17) is 4.74 Å². The summed E-state index contributed by atoms with van der Waals surface area (Å²) in [5, 5.41) is 0. The highest BCUT2D eigenvalue weighted by Gasteiger charge is 2.28. The second kappa shape index (κ2) is 6.82. The minimum absolute atomic E-state index is 0.0493. The van der Waals surface area contributed by atoms with Gasteiger partial charge in [0.2, 0.25) is 0 Å². The van der Waals surface area contributed by atoms with Gasteiger partial charge in [0.25, 0.3) is 5.56 Å². The summed E-state index contributed by atoms with van der Waals surface area (Å²) < 4.78 is 6.42. The second-order valence-corrected chi connectivity index (χ2v) is 5.71. The van der Waals surface area contributed by atoms with Gasteiger partial charge in [-0.15, -0.1) is 0 Å². The van der Waals surface area contributed by atoms with E-state index < -0.39 is 0 Å². The molecular formula is C17H19N3O4. The number of aromatic nitrogens is 2. The van der Waals surface area contributed by atoms with Crippen LogP contribution in [0.2, 0.25) is 0 Å². The molecule has 0 radical (unpaired) electrons. The Hall–Kier alpha value is -2.70. The highest BCUT2D eigenvalue weighted by Crippen LogP contribution is 2.24. The molecule has 1 aliphatic heterocycles. The van der Waals surface area contributed by atoms with Crippen LogP contribution in [0, 0.1) is 5.92 Å². The van der Waals surface area contributed by atoms with Crippen LogP contribution < -0.4 is 10.5 Å². The summed E-state index contributed by atoms with van der Waals surface area (Å²) in [5.41, 5.74) is 0.169. The monoisotopic (exact) mass is 329 g/mol. The van der Waals surface area contributed by atoms with Crippen molar-refractivity contribution in [2.24, 2.45) is 5.92 Å². The highest BCUT2D eigenvalue weighted by molar-refractivity contribution is 5.83. The minimum atomic E-state index is -0.377. The Balaban J connectivity index is 1.89. The number of hydrogen-bond acceptors (Lipinski definition) is 6. The maximum absolute atomic E-state index is 12.5. The summed E-state index contributed by atoms with van der Waals surface area (Å²) in [7, 11) is 0. The number of carbonyl (C=O) groups is 2. The van der Waals surface area contributed by atoms with Crippen molar-refractivity contribution in [3.05, 3.63) is 40.3 Å². The summed E-state index contributed by atoms with van der Waals surface area (Å²) >= 11 is 0. The van der Waals surface area contributed by atoms with Gasteiger partial charge in [-0.05, 0) is 31.9 Å². The molecule has 2 aromatic heterocycles. The number of carbonyl (C=O) groups excluding carboxylic acids is 2. The van der Waals surface area contributed by atoms with Crippen LogP contribution in [0.15, 0.2) is 29.2 Å². The Kier molecular flexibility index (Phi) is 4.59. The number of piperidine rings is 1. The maximum atomic E-state index is 12.5. The van der Waals surface area contributed by atoms with Crippen molar-refractivity contribution in [3.63, 3.8) is 0 Å². The zero-order chi connectivity index (χ0) is 17.1. The molecule has 0 unspecified atom stereocenters. The molecule has 1 fully saturated rings. The number of fused-ring (bicyclic) bond motifs is 1. The van der Waals surface area contributed by atoms with Crippen LogP contribution in [0.25, 0.3) is 5.65 Å². The van der Waals surface area contributed by atoms with Gasteiger partial charge in [0.05, 0.1) is 12.5 Å². The van der Waals surface area contributed by atoms with E-state index in [-0.39, 0.29) is 23.0 Å². The van der Waals surface area contributed by atoms with E-state index in [9.17, 15) is 14.4 Å². The number of aldehydes is 1. The van der Waals surface area contributed by atoms with Gasteiger partial charge in [-0.2, -0.15) is 0 Å². The van der Waals surface area contributed by atoms with Crippen LogP contribution in [0.1, 0.15) is 30.1 Å². The average Bonchev–Trinajstić information content (AvgIpc) is 2.62. The molecule has 0 aliphatic carbocycles. The third-order valence-electron chi connectivity index (χ3n) is 4.28. The zero-order valence-corrected chi connectivity index (χ0v) is 13.5. The van der Waals surface area contributed by atoms with Gasteiger partial charge < -0.3 is 9.64 Å². The molecule has 7 heteroatoms. The van der Waals surface area contributed by atoms with Gasteiger partial charge in [0, 0.05) is 19.3 Å². The van der Waals surface area contributed by atoms with Gasteiger partial charge in [0.1, 0.15) is 17.0 Å². The summed E-state index contributed by atoms with van der Waals surface area (Å²) in [6.45, 7) is 3.27. The zero-order valence-electron chi connectivity index (χ0n) is 13.5. The third-order valence-corrected chi connectivity index (χ3v) is 4.28. The molecule has 0 atom stereocenters. The first kappa shape index (κ1) is 16.2. The molecule has 0 spiro atoms. The van der Waals surface area contributed by atoms with Crippen LogP contribution in [0.5, 0.6) is 0 Å². The van der Waals surface area contributed by atoms with E-state index in [1.807, 2.05) is 4.90 Å². The van der Waals surface area contributed by atoms with Gasteiger partial charge in [-0.1, -0.05) is 6.07 Å². The lowest BCUT2D eigenvalue weighted by Gasteiger charge is -2.32. The Bertz CT molecular complexity index is 822. The predicted octanol–water partition coefficient (Wildman–Crippen LogP) is 1.29. The van der Waals surface area contributed by atoms with Crippen molar-refractivity contribution in [3.8, 4) is 0 Å². The smallest absolute Gasteiger partial charge is 0.309 e. The molecule has 0 N–H and O–H groups in total. The van der Waals surface area contributed by atoms with Crippen molar-refractivity contribution in [1.82, 2.24) is 9.38 Å². The first-order valence-electron chi connectivity index (χ1n) is 8.04. The number of rotatable bonds is 4. The second-order valence-electron chi connectivity index (χ2n) is 5.71. The Morgan fingerprint density at radius 1 is 1.38 bits per heavy atom. The molecule has 1 aliphatic rings. The van der Waals surface area contributed by atoms with E-state index in [1.165, 1.54) is 4.40 Å². The Morgan fingerprint density at radius 2 is 2.12 bits per heavy atom. The quantitative estimate of drug-likeness (QED) is 0.621. The Morgan fingerprint density at radius 3 is 2.79 bits per heavy atom. The molecule has 1 saturated heterocycles. The number of nitrogens with zero attached hydrogens (tertiary/aromatic N) is 3. The van der Waals surface area contributed by atoms with Crippen molar-refractivity contribution in [1.29, 1.82) is 0 Å². The van der Waals surface area contributed by atoms with Gasteiger partial charge in [-0.3, -0.25) is 18.8 Å². The van der Waals surface area contributed by atoms with Gasteiger partial charge >= 0.3 is 5.97 Å². The lowest BCUT2D eigenvalue weighted by Crippen LogP contribution is -2.39. The fraction of sp³-hybridized carbons (Fsp3) is 0.412.